The Morgan fingerprint density at radius 1 is 1.02 bits per heavy atom. The van der Waals surface area contributed by atoms with Crippen molar-refractivity contribution >= 4 is 5.97 Å². The summed E-state index contributed by atoms with van der Waals surface area (Å²) in [6.45, 7) is 5.38. The summed E-state index contributed by atoms with van der Waals surface area (Å²) in [4.78, 5) is 13.2. The first-order chi connectivity index (χ1) is 18.6. The highest BCUT2D eigenvalue weighted by Gasteiger charge is 2.40. The summed E-state index contributed by atoms with van der Waals surface area (Å²) >= 11 is 0. The van der Waals surface area contributed by atoms with Gasteiger partial charge in [0.25, 0.3) is 0 Å². The number of halogens is 6. The van der Waals surface area contributed by atoms with Gasteiger partial charge in [-0.15, -0.1) is 0 Å². The average molecular weight is 572 g/mol. The van der Waals surface area contributed by atoms with E-state index in [9.17, 15) is 36.2 Å². The molecule has 0 amide bonds. The normalized spacial score (nSPS) is 23.4. The average Bonchev–Trinajstić information content (AvgIpc) is 3.20. The number of aryl methyl sites for hydroxylation is 1. The summed E-state index contributed by atoms with van der Waals surface area (Å²) < 4.78 is 87.5. The van der Waals surface area contributed by atoms with Crippen LogP contribution in [0.15, 0.2) is 36.4 Å². The first kappa shape index (κ1) is 30.2. The van der Waals surface area contributed by atoms with Gasteiger partial charge in [-0.25, -0.2) is 0 Å². The largest absolute Gasteiger partial charge is 0.490 e. The van der Waals surface area contributed by atoms with Crippen LogP contribution in [0.4, 0.5) is 26.3 Å². The number of carbonyl (C=O) groups is 1. The molecule has 4 nitrogen and oxygen atoms in total. The molecular weight excluding hydrogens is 536 g/mol. The molecule has 0 aromatic heterocycles. The van der Waals surface area contributed by atoms with E-state index in [-0.39, 0.29) is 36.2 Å². The van der Waals surface area contributed by atoms with Crippen LogP contribution in [0.3, 0.4) is 0 Å². The fourth-order valence-electron chi connectivity index (χ4n) is 6.02. The maximum Gasteiger partial charge on any atom is 0.416 e. The summed E-state index contributed by atoms with van der Waals surface area (Å²) in [5, 5.41) is 9.23. The van der Waals surface area contributed by atoms with Gasteiger partial charge < -0.3 is 9.84 Å². The highest BCUT2D eigenvalue weighted by molar-refractivity contribution is 5.70. The number of aliphatic carboxylic acids is 1. The smallest absolute Gasteiger partial charge is 0.416 e. The summed E-state index contributed by atoms with van der Waals surface area (Å²) in [7, 11) is 0. The second kappa shape index (κ2) is 11.6. The Morgan fingerprint density at radius 3 is 2.40 bits per heavy atom. The molecule has 40 heavy (non-hydrogen) atoms. The predicted molar refractivity (Wildman–Crippen MR) is 138 cm³/mol. The maximum atomic E-state index is 13.7. The molecule has 1 fully saturated rings. The van der Waals surface area contributed by atoms with Crippen molar-refractivity contribution in [3.63, 3.8) is 0 Å². The van der Waals surface area contributed by atoms with E-state index in [1.165, 1.54) is 0 Å². The first-order valence-corrected chi connectivity index (χ1v) is 13.7. The van der Waals surface area contributed by atoms with E-state index in [2.05, 4.69) is 0 Å². The number of rotatable bonds is 8. The topological polar surface area (TPSA) is 49.8 Å². The lowest BCUT2D eigenvalue weighted by molar-refractivity contribution is -0.142. The molecule has 1 saturated heterocycles. The zero-order valence-electron chi connectivity index (χ0n) is 22.8. The Bertz CT molecular complexity index is 1210. The van der Waals surface area contributed by atoms with Crippen molar-refractivity contribution in [3.8, 4) is 5.75 Å². The lowest BCUT2D eigenvalue weighted by Gasteiger charge is -2.35. The fraction of sp³-hybridized carbons (Fsp3) is 0.567. The minimum atomic E-state index is -4.75. The molecule has 220 valence electrons. The van der Waals surface area contributed by atoms with E-state index in [1.54, 1.807) is 6.92 Å². The van der Waals surface area contributed by atoms with Crippen molar-refractivity contribution in [2.75, 3.05) is 0 Å². The standard InChI is InChI=1S/C30H35F6NO3/c1-17(26-11-7-21-6-5-20(14-27(21)40-26)12-18(2)28(38)39)13-24-9-4-19(3)37(24)16-22-15-23(29(31,32)33)8-10-25(22)30(34,35)36/h5-6,8,10,14-15,17-19,24,26H,4,7,9,11-13,16H2,1-3H3,(H,38,39). The zero-order valence-corrected chi connectivity index (χ0v) is 22.8. The third-order valence-corrected chi connectivity index (χ3v) is 8.39. The highest BCUT2D eigenvalue weighted by Crippen LogP contribution is 2.40. The van der Waals surface area contributed by atoms with Crippen LogP contribution in [0.25, 0.3) is 0 Å². The summed E-state index contributed by atoms with van der Waals surface area (Å²) in [5.74, 6) is -0.612. The number of hydrogen-bond donors (Lipinski definition) is 1. The highest BCUT2D eigenvalue weighted by atomic mass is 19.4. The summed E-state index contributed by atoms with van der Waals surface area (Å²) in [6.07, 6.45) is -5.53. The molecule has 10 heteroatoms. The lowest BCUT2D eigenvalue weighted by Crippen LogP contribution is -2.38. The molecule has 5 atom stereocenters. The van der Waals surface area contributed by atoms with Gasteiger partial charge in [-0.2, -0.15) is 26.3 Å². The Labute approximate surface area is 230 Å². The van der Waals surface area contributed by atoms with Crippen LogP contribution in [-0.2, 0) is 36.5 Å². The Morgan fingerprint density at radius 2 is 1.75 bits per heavy atom. The van der Waals surface area contributed by atoms with Gasteiger partial charge in [0.1, 0.15) is 11.9 Å². The van der Waals surface area contributed by atoms with Crippen molar-refractivity contribution < 1.29 is 41.0 Å². The van der Waals surface area contributed by atoms with Crippen molar-refractivity contribution in [1.29, 1.82) is 0 Å². The van der Waals surface area contributed by atoms with Gasteiger partial charge in [-0.1, -0.05) is 26.0 Å². The van der Waals surface area contributed by atoms with E-state index in [4.69, 9.17) is 4.74 Å². The minimum absolute atomic E-state index is 0.0520. The van der Waals surface area contributed by atoms with Gasteiger partial charge in [0.05, 0.1) is 17.0 Å². The Hall–Kier alpha value is -2.75. The molecule has 0 aliphatic carbocycles. The number of alkyl halides is 6. The molecule has 0 saturated carbocycles. The maximum absolute atomic E-state index is 13.7. The molecule has 0 bridgehead atoms. The zero-order chi connectivity index (χ0) is 29.4. The van der Waals surface area contributed by atoms with E-state index >= 15 is 0 Å². The van der Waals surface area contributed by atoms with E-state index < -0.39 is 35.4 Å². The van der Waals surface area contributed by atoms with Crippen LogP contribution in [0.5, 0.6) is 5.75 Å². The van der Waals surface area contributed by atoms with Crippen molar-refractivity contribution in [3.05, 3.63) is 64.2 Å². The second-order valence-electron chi connectivity index (χ2n) is 11.4. The van der Waals surface area contributed by atoms with Gasteiger partial charge in [0, 0.05) is 18.6 Å². The molecular formula is C30H35F6NO3. The van der Waals surface area contributed by atoms with Crippen molar-refractivity contribution in [2.45, 2.75) is 96.4 Å². The fourth-order valence-corrected chi connectivity index (χ4v) is 6.02. The van der Waals surface area contributed by atoms with Crippen LogP contribution in [0, 0.1) is 11.8 Å². The molecule has 2 aliphatic rings. The van der Waals surface area contributed by atoms with Crippen LogP contribution >= 0.6 is 0 Å². The number of hydrogen-bond acceptors (Lipinski definition) is 3. The second-order valence-corrected chi connectivity index (χ2v) is 11.4. The Balaban J connectivity index is 1.48. The molecule has 2 aromatic rings. The third kappa shape index (κ3) is 6.93. The molecule has 2 heterocycles. The van der Waals surface area contributed by atoms with E-state index in [0.29, 0.717) is 31.0 Å². The van der Waals surface area contributed by atoms with Crippen LogP contribution in [0.2, 0.25) is 0 Å². The van der Waals surface area contributed by atoms with E-state index in [1.807, 2.05) is 36.9 Å². The number of benzene rings is 2. The third-order valence-electron chi connectivity index (χ3n) is 8.39. The van der Waals surface area contributed by atoms with Crippen LogP contribution in [-0.4, -0.2) is 34.2 Å². The van der Waals surface area contributed by atoms with Crippen molar-refractivity contribution in [1.82, 2.24) is 4.90 Å². The monoisotopic (exact) mass is 571 g/mol. The number of nitrogens with zero attached hydrogens (tertiary/aromatic N) is 1. The molecule has 0 radical (unpaired) electrons. The number of carboxylic acid groups (broad SMARTS) is 1. The number of carboxylic acids is 1. The SMILES string of the molecule is CC(Cc1ccc2c(c1)OC(C(C)CC1CCC(C)N1Cc1cc(C(F)(F)F)ccc1C(F)(F)F)CC2)C(=O)O. The number of likely N-dealkylation sites (tertiary alicyclic amines) is 1. The van der Waals surface area contributed by atoms with Crippen molar-refractivity contribution in [2.24, 2.45) is 11.8 Å². The van der Waals surface area contributed by atoms with E-state index in [0.717, 1.165) is 42.6 Å². The predicted octanol–water partition coefficient (Wildman–Crippen LogP) is 7.76. The lowest BCUT2D eigenvalue weighted by atomic mass is 9.88. The first-order valence-electron chi connectivity index (χ1n) is 13.7. The van der Waals surface area contributed by atoms with Gasteiger partial charge in [0.2, 0.25) is 0 Å². The Kier molecular flexibility index (Phi) is 8.78. The van der Waals surface area contributed by atoms with Gasteiger partial charge in [0.15, 0.2) is 0 Å². The molecule has 2 aromatic carbocycles. The summed E-state index contributed by atoms with van der Waals surface area (Å²) in [6, 6.07) is 7.29. The minimum Gasteiger partial charge on any atom is -0.490 e. The van der Waals surface area contributed by atoms with Gasteiger partial charge in [-0.3, -0.25) is 9.69 Å². The molecule has 1 N–H and O–H groups in total. The van der Waals surface area contributed by atoms with Gasteiger partial charge >= 0.3 is 18.3 Å². The molecule has 5 unspecified atom stereocenters. The summed E-state index contributed by atoms with van der Waals surface area (Å²) in [5.41, 5.74) is -0.556. The van der Waals surface area contributed by atoms with Crippen LogP contribution < -0.4 is 4.74 Å². The van der Waals surface area contributed by atoms with Crippen LogP contribution in [0.1, 0.15) is 74.3 Å². The van der Waals surface area contributed by atoms with Gasteiger partial charge in [-0.05, 0) is 92.3 Å². The quantitative estimate of drug-likeness (QED) is 0.329. The number of fused-ring (bicyclic) bond motifs is 1. The molecule has 0 spiro atoms. The molecule has 2 aliphatic heterocycles. The number of ether oxygens (including phenoxy) is 1. The molecule has 4 rings (SSSR count).